The minimum absolute atomic E-state index is 0.103. The smallest absolute Gasteiger partial charge is 0.482 e. The summed E-state index contributed by atoms with van der Waals surface area (Å²) in [7, 11) is -1.52. The molecule has 1 heterocycles. The van der Waals surface area contributed by atoms with Crippen molar-refractivity contribution in [3.63, 3.8) is 0 Å². The maximum absolute atomic E-state index is 13.0. The number of rotatable bonds is 10. The molecule has 1 aromatic rings. The van der Waals surface area contributed by atoms with Crippen LogP contribution in [0.2, 0.25) is 0 Å². The van der Waals surface area contributed by atoms with Crippen LogP contribution in [0.5, 0.6) is 5.75 Å². The molecule has 3 saturated carbocycles. The SMILES string of the molecule is CNS(=O)(=O)CCC(=O)NC(Cc1cccc(C(=O)OC(C)(C)C)c1OC)B1OC2CC3CC(C3(C)C)C2(C)O1. The minimum Gasteiger partial charge on any atom is -0.496 e. The molecule has 222 valence electrons. The first-order chi connectivity index (χ1) is 18.5. The van der Waals surface area contributed by atoms with Gasteiger partial charge in [-0.05, 0) is 82.9 Å². The van der Waals surface area contributed by atoms with Gasteiger partial charge in [-0.15, -0.1) is 0 Å². The Morgan fingerprint density at radius 2 is 1.90 bits per heavy atom. The normalized spacial score (nSPS) is 27.8. The number of benzene rings is 1. The van der Waals surface area contributed by atoms with Gasteiger partial charge in [0.15, 0.2) is 0 Å². The fraction of sp³-hybridized carbons (Fsp3) is 0.714. The Morgan fingerprint density at radius 1 is 1.20 bits per heavy atom. The fourth-order valence-electron chi connectivity index (χ4n) is 6.61. The van der Waals surface area contributed by atoms with Gasteiger partial charge in [-0.25, -0.2) is 17.9 Å². The van der Waals surface area contributed by atoms with Crippen molar-refractivity contribution in [2.24, 2.45) is 17.3 Å². The van der Waals surface area contributed by atoms with Crippen LogP contribution in [-0.2, 0) is 35.3 Å². The number of hydrogen-bond donors (Lipinski definition) is 2. The first kappa shape index (κ1) is 30.8. The van der Waals surface area contributed by atoms with Gasteiger partial charge in [0.1, 0.15) is 16.9 Å². The standard InChI is InChI=1S/C28H43BN2O8S/c1-26(2,3)37-25(33)19-11-9-10-17(24(19)36-8)14-22(31-23(32)12-13-40(34,35)30-7)29-38-21-16-18-15-20(27(18,4)5)28(21,6)39-29/h9-11,18,20-22,30H,12-16H2,1-8H3,(H,31,32). The molecule has 0 aromatic heterocycles. The third kappa shape index (κ3) is 6.05. The highest BCUT2D eigenvalue weighted by atomic mass is 32.2. The van der Waals surface area contributed by atoms with Gasteiger partial charge < -0.3 is 24.1 Å². The number of hydrogen-bond acceptors (Lipinski definition) is 8. The van der Waals surface area contributed by atoms with Crippen molar-refractivity contribution >= 4 is 29.0 Å². The number of nitrogens with one attached hydrogen (secondary N) is 2. The predicted molar refractivity (Wildman–Crippen MR) is 151 cm³/mol. The van der Waals surface area contributed by atoms with Crippen molar-refractivity contribution in [2.75, 3.05) is 19.9 Å². The molecular formula is C28H43BN2O8S. The monoisotopic (exact) mass is 578 g/mol. The van der Waals surface area contributed by atoms with Gasteiger partial charge in [0.2, 0.25) is 15.9 Å². The molecule has 0 radical (unpaired) electrons. The van der Waals surface area contributed by atoms with Crippen LogP contribution >= 0.6 is 0 Å². The minimum atomic E-state index is -3.56. The van der Waals surface area contributed by atoms with Crippen LogP contribution in [0.25, 0.3) is 0 Å². The van der Waals surface area contributed by atoms with Gasteiger partial charge in [0.25, 0.3) is 0 Å². The molecule has 4 fully saturated rings. The summed E-state index contributed by atoms with van der Waals surface area (Å²) in [5.41, 5.74) is -0.0977. The van der Waals surface area contributed by atoms with Crippen molar-refractivity contribution in [3.05, 3.63) is 29.3 Å². The van der Waals surface area contributed by atoms with Gasteiger partial charge in [-0.2, -0.15) is 0 Å². The van der Waals surface area contributed by atoms with E-state index in [2.05, 4.69) is 30.8 Å². The van der Waals surface area contributed by atoms with E-state index in [-0.39, 0.29) is 35.7 Å². The molecule has 2 N–H and O–H groups in total. The predicted octanol–water partition coefficient (Wildman–Crippen LogP) is 2.88. The Bertz CT molecular complexity index is 1250. The van der Waals surface area contributed by atoms with Gasteiger partial charge in [0.05, 0.1) is 30.5 Å². The van der Waals surface area contributed by atoms with Crippen LogP contribution < -0.4 is 14.8 Å². The van der Waals surface area contributed by atoms with E-state index >= 15 is 0 Å². The molecule has 12 heteroatoms. The van der Waals surface area contributed by atoms with Gasteiger partial charge in [-0.3, -0.25) is 4.79 Å². The summed E-state index contributed by atoms with van der Waals surface area (Å²) in [6.07, 6.45) is 1.87. The van der Waals surface area contributed by atoms with Crippen molar-refractivity contribution < 1.29 is 36.8 Å². The first-order valence-corrected chi connectivity index (χ1v) is 15.6. The number of amides is 1. The van der Waals surface area contributed by atoms with Crippen LogP contribution in [-0.4, -0.2) is 70.6 Å². The lowest BCUT2D eigenvalue weighted by Crippen LogP contribution is -2.65. The van der Waals surface area contributed by atoms with Crippen LogP contribution in [0, 0.1) is 17.3 Å². The zero-order valence-corrected chi connectivity index (χ0v) is 25.6. The molecule has 3 aliphatic carbocycles. The van der Waals surface area contributed by atoms with Crippen molar-refractivity contribution in [3.8, 4) is 5.75 Å². The Labute approximate surface area is 238 Å². The van der Waals surface area contributed by atoms with Crippen LogP contribution in [0.15, 0.2) is 18.2 Å². The molecule has 40 heavy (non-hydrogen) atoms. The highest BCUT2D eigenvalue weighted by Crippen LogP contribution is 2.65. The molecule has 1 aliphatic heterocycles. The van der Waals surface area contributed by atoms with E-state index in [9.17, 15) is 18.0 Å². The molecule has 0 spiro atoms. The summed E-state index contributed by atoms with van der Waals surface area (Å²) < 4.78 is 50.5. The summed E-state index contributed by atoms with van der Waals surface area (Å²) in [5.74, 6) is -0.723. The average molecular weight is 579 g/mol. The second kappa shape index (κ2) is 10.9. The van der Waals surface area contributed by atoms with Gasteiger partial charge in [-0.1, -0.05) is 26.0 Å². The number of esters is 1. The van der Waals surface area contributed by atoms with E-state index < -0.39 is 46.2 Å². The Morgan fingerprint density at radius 3 is 2.50 bits per heavy atom. The zero-order chi connectivity index (χ0) is 29.7. The molecular weight excluding hydrogens is 535 g/mol. The van der Waals surface area contributed by atoms with E-state index in [0.29, 0.717) is 23.1 Å². The van der Waals surface area contributed by atoms with E-state index in [4.69, 9.17) is 18.8 Å². The number of sulfonamides is 1. The maximum Gasteiger partial charge on any atom is 0.482 e. The van der Waals surface area contributed by atoms with Gasteiger partial charge >= 0.3 is 13.1 Å². The second-order valence-electron chi connectivity index (χ2n) is 13.0. The third-order valence-electron chi connectivity index (χ3n) is 8.91. The highest BCUT2D eigenvalue weighted by molar-refractivity contribution is 7.89. The maximum atomic E-state index is 13.0. The van der Waals surface area contributed by atoms with Gasteiger partial charge in [0, 0.05) is 6.42 Å². The molecule has 5 atom stereocenters. The quantitative estimate of drug-likeness (QED) is 0.321. The highest BCUT2D eigenvalue weighted by Gasteiger charge is 2.68. The number of ether oxygens (including phenoxy) is 2. The molecule has 2 bridgehead atoms. The van der Waals surface area contributed by atoms with Crippen LogP contribution in [0.1, 0.15) is 76.7 Å². The van der Waals surface area contributed by atoms with E-state index in [1.54, 1.807) is 32.9 Å². The Hall–Kier alpha value is -2.15. The summed E-state index contributed by atoms with van der Waals surface area (Å²) in [6, 6.07) is 5.20. The number of carbonyl (C=O) groups is 2. The zero-order valence-electron chi connectivity index (χ0n) is 24.8. The lowest BCUT2D eigenvalue weighted by Gasteiger charge is -2.64. The molecule has 10 nitrogen and oxygen atoms in total. The van der Waals surface area contributed by atoms with Crippen molar-refractivity contribution in [1.82, 2.24) is 10.0 Å². The fourth-order valence-corrected chi connectivity index (χ4v) is 7.27. The Balaban J connectivity index is 1.61. The molecule has 4 aliphatic rings. The van der Waals surface area contributed by atoms with Crippen molar-refractivity contribution in [2.45, 2.75) is 90.5 Å². The van der Waals surface area contributed by atoms with Crippen molar-refractivity contribution in [1.29, 1.82) is 0 Å². The third-order valence-corrected chi connectivity index (χ3v) is 10.3. The number of methoxy groups -OCH3 is 1. The number of carbonyl (C=O) groups excluding carboxylic acids is 2. The first-order valence-electron chi connectivity index (χ1n) is 13.9. The number of para-hydroxylation sites is 1. The molecule has 1 aromatic carbocycles. The van der Waals surface area contributed by atoms with Crippen LogP contribution in [0.3, 0.4) is 0 Å². The van der Waals surface area contributed by atoms with E-state index in [1.807, 2.05) is 6.07 Å². The average Bonchev–Trinajstić information content (AvgIpc) is 3.23. The van der Waals surface area contributed by atoms with Crippen LogP contribution in [0.4, 0.5) is 0 Å². The summed E-state index contributed by atoms with van der Waals surface area (Å²) in [4.78, 5) is 25.9. The molecule has 1 saturated heterocycles. The summed E-state index contributed by atoms with van der Waals surface area (Å²) in [6.45, 7) is 12.0. The molecule has 5 unspecified atom stereocenters. The molecule has 1 amide bonds. The van der Waals surface area contributed by atoms with E-state index in [1.165, 1.54) is 14.2 Å². The second-order valence-corrected chi connectivity index (χ2v) is 15.0. The lowest BCUT2D eigenvalue weighted by atomic mass is 9.43. The topological polar surface area (TPSA) is 129 Å². The summed E-state index contributed by atoms with van der Waals surface area (Å²) in [5, 5.41) is 2.97. The summed E-state index contributed by atoms with van der Waals surface area (Å²) >= 11 is 0. The van der Waals surface area contributed by atoms with E-state index in [0.717, 1.165) is 12.8 Å². The largest absolute Gasteiger partial charge is 0.496 e. The lowest BCUT2D eigenvalue weighted by molar-refractivity contribution is -0.199. The Kier molecular flexibility index (Phi) is 8.41. The molecule has 5 rings (SSSR count).